The van der Waals surface area contributed by atoms with Crippen molar-refractivity contribution >= 4 is 27.5 Å². The Kier molecular flexibility index (Phi) is 4.64. The van der Waals surface area contributed by atoms with E-state index in [4.69, 9.17) is 11.6 Å². The van der Waals surface area contributed by atoms with E-state index in [0.29, 0.717) is 4.83 Å². The van der Waals surface area contributed by atoms with Gasteiger partial charge < -0.3 is 0 Å². The highest BCUT2D eigenvalue weighted by Crippen LogP contribution is 2.28. The second-order valence-corrected chi connectivity index (χ2v) is 5.59. The average molecular weight is 310 g/mol. The predicted octanol–water partition coefficient (Wildman–Crippen LogP) is 5.41. The lowest BCUT2D eigenvalue weighted by atomic mass is 10.0. The fourth-order valence-electron chi connectivity index (χ4n) is 1.78. The minimum atomic E-state index is 0.389. The molecule has 88 valence electrons. The van der Waals surface area contributed by atoms with E-state index in [1.807, 2.05) is 18.2 Å². The summed E-state index contributed by atoms with van der Waals surface area (Å²) in [5.41, 5.74) is 2.66. The first-order valence-electron chi connectivity index (χ1n) is 5.69. The lowest BCUT2D eigenvalue weighted by molar-refractivity contribution is 0.813. The average Bonchev–Trinajstić information content (AvgIpc) is 2.38. The molecule has 0 aliphatic carbocycles. The van der Waals surface area contributed by atoms with Gasteiger partial charge in [0.15, 0.2) is 0 Å². The number of aryl methyl sites for hydroxylation is 1. The third kappa shape index (κ3) is 3.86. The van der Waals surface area contributed by atoms with Crippen molar-refractivity contribution < 1.29 is 0 Å². The van der Waals surface area contributed by atoms with Crippen LogP contribution in [0.4, 0.5) is 0 Å². The zero-order valence-electron chi connectivity index (χ0n) is 9.44. The van der Waals surface area contributed by atoms with Crippen molar-refractivity contribution in [2.24, 2.45) is 0 Å². The number of alkyl halides is 1. The van der Waals surface area contributed by atoms with Crippen LogP contribution in [0.2, 0.25) is 5.02 Å². The van der Waals surface area contributed by atoms with Crippen LogP contribution in [-0.2, 0) is 6.42 Å². The molecular formula is C15H14BrCl. The quantitative estimate of drug-likeness (QED) is 0.663. The Bertz CT molecular complexity index is 450. The van der Waals surface area contributed by atoms with Gasteiger partial charge in [-0.1, -0.05) is 70.0 Å². The van der Waals surface area contributed by atoms with Gasteiger partial charge in [-0.3, -0.25) is 0 Å². The molecule has 0 saturated heterocycles. The molecule has 0 saturated carbocycles. The van der Waals surface area contributed by atoms with Crippen LogP contribution in [0, 0.1) is 0 Å². The van der Waals surface area contributed by atoms with Crippen molar-refractivity contribution in [2.45, 2.75) is 17.7 Å². The zero-order chi connectivity index (χ0) is 12.1. The topological polar surface area (TPSA) is 0 Å². The maximum absolute atomic E-state index is 5.87. The third-order valence-electron chi connectivity index (χ3n) is 2.76. The Balaban J connectivity index is 1.93. The molecule has 0 N–H and O–H groups in total. The molecular weight excluding hydrogens is 296 g/mol. The van der Waals surface area contributed by atoms with E-state index in [-0.39, 0.29) is 0 Å². The van der Waals surface area contributed by atoms with Crippen molar-refractivity contribution in [3.63, 3.8) is 0 Å². The van der Waals surface area contributed by atoms with Crippen molar-refractivity contribution in [1.29, 1.82) is 0 Å². The van der Waals surface area contributed by atoms with Crippen LogP contribution in [-0.4, -0.2) is 0 Å². The Hall–Kier alpha value is -0.790. The van der Waals surface area contributed by atoms with E-state index in [1.165, 1.54) is 11.1 Å². The smallest absolute Gasteiger partial charge is 0.0406 e. The van der Waals surface area contributed by atoms with E-state index in [2.05, 4.69) is 52.3 Å². The summed E-state index contributed by atoms with van der Waals surface area (Å²) < 4.78 is 0. The van der Waals surface area contributed by atoms with Gasteiger partial charge in [0, 0.05) is 9.85 Å². The zero-order valence-corrected chi connectivity index (χ0v) is 11.8. The molecule has 0 unspecified atom stereocenters. The molecule has 0 fully saturated rings. The summed E-state index contributed by atoms with van der Waals surface area (Å²) in [6.45, 7) is 0. The summed E-state index contributed by atoms with van der Waals surface area (Å²) in [5.74, 6) is 0. The minimum Gasteiger partial charge on any atom is -0.0843 e. The Morgan fingerprint density at radius 3 is 2.24 bits per heavy atom. The van der Waals surface area contributed by atoms with E-state index in [1.54, 1.807) is 0 Å². The van der Waals surface area contributed by atoms with Crippen LogP contribution in [0.3, 0.4) is 0 Å². The monoisotopic (exact) mass is 308 g/mol. The van der Waals surface area contributed by atoms with Gasteiger partial charge in [-0.25, -0.2) is 0 Å². The first-order chi connectivity index (χ1) is 8.25. The van der Waals surface area contributed by atoms with Crippen LogP contribution < -0.4 is 0 Å². The molecule has 0 bridgehead atoms. The molecule has 0 spiro atoms. The molecule has 0 aliphatic rings. The summed E-state index contributed by atoms with van der Waals surface area (Å²) >= 11 is 9.60. The van der Waals surface area contributed by atoms with Crippen LogP contribution in [0.1, 0.15) is 22.4 Å². The summed E-state index contributed by atoms with van der Waals surface area (Å²) in [6, 6.07) is 18.6. The molecule has 0 amide bonds. The molecule has 2 heteroatoms. The SMILES string of the molecule is Clc1ccc([C@H](Br)CCc2ccccc2)cc1. The largest absolute Gasteiger partial charge is 0.0843 e. The number of hydrogen-bond donors (Lipinski definition) is 0. The second kappa shape index (κ2) is 6.23. The Morgan fingerprint density at radius 2 is 1.59 bits per heavy atom. The van der Waals surface area contributed by atoms with Gasteiger partial charge in [-0.2, -0.15) is 0 Å². The summed E-state index contributed by atoms with van der Waals surface area (Å²) in [5, 5.41) is 0.788. The van der Waals surface area contributed by atoms with Gasteiger partial charge >= 0.3 is 0 Å². The van der Waals surface area contributed by atoms with E-state index >= 15 is 0 Å². The molecule has 1 atom stereocenters. The van der Waals surface area contributed by atoms with Gasteiger partial charge in [0.05, 0.1) is 0 Å². The molecule has 0 aromatic heterocycles. The third-order valence-corrected chi connectivity index (χ3v) is 4.00. The maximum Gasteiger partial charge on any atom is 0.0406 e. The standard InChI is InChI=1S/C15H14BrCl/c16-15(13-7-9-14(17)10-8-13)11-6-12-4-2-1-3-5-12/h1-5,7-10,15H,6,11H2/t15-/m1/s1. The normalized spacial score (nSPS) is 12.4. The summed E-state index contributed by atoms with van der Waals surface area (Å²) in [4.78, 5) is 0.389. The van der Waals surface area contributed by atoms with Crippen LogP contribution in [0.5, 0.6) is 0 Å². The molecule has 0 aliphatic heterocycles. The first kappa shape index (κ1) is 12.7. The van der Waals surface area contributed by atoms with Crippen LogP contribution >= 0.6 is 27.5 Å². The van der Waals surface area contributed by atoms with Crippen molar-refractivity contribution in [1.82, 2.24) is 0 Å². The summed E-state index contributed by atoms with van der Waals surface area (Å²) in [6.07, 6.45) is 2.17. The van der Waals surface area contributed by atoms with E-state index in [0.717, 1.165) is 17.9 Å². The van der Waals surface area contributed by atoms with E-state index in [9.17, 15) is 0 Å². The molecule has 2 rings (SSSR count). The number of hydrogen-bond acceptors (Lipinski definition) is 0. The lowest BCUT2D eigenvalue weighted by Gasteiger charge is -2.10. The molecule has 0 heterocycles. The summed E-state index contributed by atoms with van der Waals surface area (Å²) in [7, 11) is 0. The number of benzene rings is 2. The molecule has 17 heavy (non-hydrogen) atoms. The number of rotatable bonds is 4. The minimum absolute atomic E-state index is 0.389. The lowest BCUT2D eigenvalue weighted by Crippen LogP contribution is -1.93. The number of halogens is 2. The van der Waals surface area contributed by atoms with Crippen LogP contribution in [0.15, 0.2) is 54.6 Å². The van der Waals surface area contributed by atoms with Gasteiger partial charge in [0.2, 0.25) is 0 Å². The van der Waals surface area contributed by atoms with Crippen molar-refractivity contribution in [2.75, 3.05) is 0 Å². The Labute approximate surface area is 116 Å². The fraction of sp³-hybridized carbons (Fsp3) is 0.200. The molecule has 0 nitrogen and oxygen atoms in total. The molecule has 2 aromatic rings. The molecule has 0 radical (unpaired) electrons. The van der Waals surface area contributed by atoms with Gasteiger partial charge in [-0.15, -0.1) is 0 Å². The van der Waals surface area contributed by atoms with Gasteiger partial charge in [0.25, 0.3) is 0 Å². The highest BCUT2D eigenvalue weighted by atomic mass is 79.9. The highest BCUT2D eigenvalue weighted by molar-refractivity contribution is 9.09. The van der Waals surface area contributed by atoms with Crippen molar-refractivity contribution in [3.05, 3.63) is 70.7 Å². The maximum atomic E-state index is 5.87. The van der Waals surface area contributed by atoms with Gasteiger partial charge in [-0.05, 0) is 36.1 Å². The van der Waals surface area contributed by atoms with Gasteiger partial charge in [0.1, 0.15) is 0 Å². The fourth-order valence-corrected chi connectivity index (χ4v) is 2.44. The van der Waals surface area contributed by atoms with Crippen molar-refractivity contribution in [3.8, 4) is 0 Å². The second-order valence-electron chi connectivity index (χ2n) is 4.04. The molecule has 2 aromatic carbocycles. The Morgan fingerprint density at radius 1 is 0.941 bits per heavy atom. The van der Waals surface area contributed by atoms with Crippen LogP contribution in [0.25, 0.3) is 0 Å². The highest BCUT2D eigenvalue weighted by Gasteiger charge is 2.07. The first-order valence-corrected chi connectivity index (χ1v) is 6.98. The predicted molar refractivity (Wildman–Crippen MR) is 77.9 cm³/mol. The van der Waals surface area contributed by atoms with E-state index < -0.39 is 0 Å².